The van der Waals surface area contributed by atoms with Crippen LogP contribution < -0.4 is 10.8 Å². The standard InChI is InChI=1S/C17H16BF3N2O3/c1-9-6-13(17(19,20)21)11(8-22-9)15(24)23-10-4-5-12-14(7-10)18(25)26-16(12,2)3/h4-8,25H,1-3H3,(H,23,24). The van der Waals surface area contributed by atoms with Gasteiger partial charge in [0.1, 0.15) is 0 Å². The Labute approximate surface area is 148 Å². The van der Waals surface area contributed by atoms with Crippen LogP contribution in [0, 0.1) is 6.92 Å². The number of amides is 1. The third kappa shape index (κ3) is 3.32. The summed E-state index contributed by atoms with van der Waals surface area (Å²) in [4.78, 5) is 16.1. The molecule has 1 aromatic carbocycles. The molecule has 2 N–H and O–H groups in total. The average molecular weight is 364 g/mol. The monoisotopic (exact) mass is 364 g/mol. The van der Waals surface area contributed by atoms with Crippen molar-refractivity contribution in [3.05, 3.63) is 52.8 Å². The van der Waals surface area contributed by atoms with Gasteiger partial charge in [-0.3, -0.25) is 9.78 Å². The fourth-order valence-electron chi connectivity index (χ4n) is 2.97. The van der Waals surface area contributed by atoms with Crippen LogP contribution in [0.15, 0.2) is 30.5 Å². The predicted molar refractivity (Wildman–Crippen MR) is 90.1 cm³/mol. The lowest BCUT2D eigenvalue weighted by Crippen LogP contribution is -2.29. The predicted octanol–water partition coefficient (Wildman–Crippen LogP) is 2.61. The Hall–Kier alpha value is -2.39. The summed E-state index contributed by atoms with van der Waals surface area (Å²) in [7, 11) is -1.16. The smallest absolute Gasteiger partial charge is 0.423 e. The number of rotatable bonds is 2. The summed E-state index contributed by atoms with van der Waals surface area (Å²) in [6.45, 7) is 4.99. The van der Waals surface area contributed by atoms with Crippen LogP contribution in [0.2, 0.25) is 0 Å². The maximum atomic E-state index is 13.2. The van der Waals surface area contributed by atoms with Gasteiger partial charge in [0.25, 0.3) is 5.91 Å². The lowest BCUT2D eigenvalue weighted by atomic mass is 9.78. The summed E-state index contributed by atoms with van der Waals surface area (Å²) in [5.41, 5.74) is -0.686. The van der Waals surface area contributed by atoms with E-state index in [1.54, 1.807) is 26.0 Å². The summed E-state index contributed by atoms with van der Waals surface area (Å²) < 4.78 is 45.0. The number of fused-ring (bicyclic) bond motifs is 1. The molecule has 1 aliphatic heterocycles. The number of aromatic nitrogens is 1. The minimum Gasteiger partial charge on any atom is -0.423 e. The van der Waals surface area contributed by atoms with Crippen LogP contribution in [0.5, 0.6) is 0 Å². The van der Waals surface area contributed by atoms with E-state index in [0.717, 1.165) is 17.8 Å². The molecule has 0 saturated carbocycles. The average Bonchev–Trinajstić information content (AvgIpc) is 2.75. The molecule has 0 unspecified atom stereocenters. The van der Waals surface area contributed by atoms with Gasteiger partial charge < -0.3 is 15.0 Å². The van der Waals surface area contributed by atoms with Crippen LogP contribution in [-0.4, -0.2) is 23.0 Å². The highest BCUT2D eigenvalue weighted by Crippen LogP contribution is 2.33. The molecule has 1 aromatic heterocycles. The van der Waals surface area contributed by atoms with Gasteiger partial charge in [-0.2, -0.15) is 13.2 Å². The molecule has 9 heteroatoms. The number of alkyl halides is 3. The number of halogens is 3. The van der Waals surface area contributed by atoms with Crippen molar-refractivity contribution in [2.75, 3.05) is 5.32 Å². The van der Waals surface area contributed by atoms with Crippen molar-refractivity contribution in [1.29, 1.82) is 0 Å². The van der Waals surface area contributed by atoms with E-state index in [4.69, 9.17) is 4.65 Å². The molecular formula is C17H16BF3N2O3. The zero-order chi connectivity index (χ0) is 19.3. The highest BCUT2D eigenvalue weighted by Gasteiger charge is 2.41. The number of anilines is 1. The van der Waals surface area contributed by atoms with Crippen molar-refractivity contribution in [1.82, 2.24) is 4.98 Å². The zero-order valence-electron chi connectivity index (χ0n) is 14.3. The fraction of sp³-hybridized carbons (Fsp3) is 0.294. The third-order valence-electron chi connectivity index (χ3n) is 4.22. The van der Waals surface area contributed by atoms with Gasteiger partial charge in [0, 0.05) is 17.6 Å². The van der Waals surface area contributed by atoms with E-state index in [1.165, 1.54) is 13.0 Å². The fourth-order valence-corrected chi connectivity index (χ4v) is 2.97. The molecule has 0 fully saturated rings. The van der Waals surface area contributed by atoms with Crippen molar-refractivity contribution in [2.45, 2.75) is 32.5 Å². The number of nitrogens with one attached hydrogen (secondary N) is 1. The molecule has 2 aromatic rings. The van der Waals surface area contributed by atoms with E-state index in [0.29, 0.717) is 5.46 Å². The Kier molecular flexibility index (Phi) is 4.32. The number of pyridine rings is 1. The van der Waals surface area contributed by atoms with Gasteiger partial charge in [-0.1, -0.05) is 6.07 Å². The zero-order valence-corrected chi connectivity index (χ0v) is 14.3. The van der Waals surface area contributed by atoms with Gasteiger partial charge in [-0.25, -0.2) is 0 Å². The Bertz CT molecular complexity index is 884. The quantitative estimate of drug-likeness (QED) is 0.804. The van der Waals surface area contributed by atoms with Gasteiger partial charge in [0.15, 0.2) is 0 Å². The first-order valence-electron chi connectivity index (χ1n) is 7.84. The first-order chi connectivity index (χ1) is 12.0. The normalized spacial score (nSPS) is 15.7. The first kappa shape index (κ1) is 18.4. The summed E-state index contributed by atoms with van der Waals surface area (Å²) >= 11 is 0. The molecular weight excluding hydrogens is 348 g/mol. The molecule has 0 atom stereocenters. The second kappa shape index (κ2) is 6.10. The molecule has 1 amide bonds. The van der Waals surface area contributed by atoms with Crippen LogP contribution in [0.1, 0.15) is 41.0 Å². The lowest BCUT2D eigenvalue weighted by molar-refractivity contribution is -0.138. The maximum Gasteiger partial charge on any atom is 0.492 e. The van der Waals surface area contributed by atoms with Crippen LogP contribution in [-0.2, 0) is 16.4 Å². The number of carbonyl (C=O) groups excluding carboxylic acids is 1. The summed E-state index contributed by atoms with van der Waals surface area (Å²) in [6.07, 6.45) is -3.77. The molecule has 0 saturated heterocycles. The SMILES string of the molecule is Cc1cc(C(F)(F)F)c(C(=O)Nc2ccc3c(c2)B(O)OC3(C)C)cn1. The van der Waals surface area contributed by atoms with E-state index >= 15 is 0 Å². The molecule has 26 heavy (non-hydrogen) atoms. The van der Waals surface area contributed by atoms with Crippen LogP contribution in [0.4, 0.5) is 18.9 Å². The van der Waals surface area contributed by atoms with Crippen molar-refractivity contribution in [2.24, 2.45) is 0 Å². The van der Waals surface area contributed by atoms with Crippen LogP contribution >= 0.6 is 0 Å². The number of hydrogen-bond donors (Lipinski definition) is 2. The van der Waals surface area contributed by atoms with Crippen LogP contribution in [0.3, 0.4) is 0 Å². The van der Waals surface area contributed by atoms with Crippen molar-refractivity contribution >= 4 is 24.2 Å². The Balaban J connectivity index is 1.92. The number of aryl methyl sites for hydroxylation is 1. The topological polar surface area (TPSA) is 71.5 Å². The Morgan fingerprint density at radius 2 is 2.00 bits per heavy atom. The number of carbonyl (C=O) groups is 1. The lowest BCUT2D eigenvalue weighted by Gasteiger charge is -2.19. The van der Waals surface area contributed by atoms with Gasteiger partial charge in [-0.05, 0) is 50.0 Å². The Morgan fingerprint density at radius 3 is 2.65 bits per heavy atom. The van der Waals surface area contributed by atoms with Crippen molar-refractivity contribution in [3.63, 3.8) is 0 Å². The number of hydrogen-bond acceptors (Lipinski definition) is 4. The molecule has 3 rings (SSSR count). The molecule has 0 aliphatic carbocycles. The van der Waals surface area contributed by atoms with E-state index < -0.39 is 35.9 Å². The second-order valence-corrected chi connectivity index (χ2v) is 6.61. The van der Waals surface area contributed by atoms with E-state index in [9.17, 15) is 23.0 Å². The summed E-state index contributed by atoms with van der Waals surface area (Å²) in [6, 6.07) is 5.53. The molecule has 0 radical (unpaired) electrons. The number of benzene rings is 1. The van der Waals surface area contributed by atoms with Gasteiger partial charge in [-0.15, -0.1) is 0 Å². The highest BCUT2D eigenvalue weighted by molar-refractivity contribution is 6.62. The van der Waals surface area contributed by atoms with E-state index in [2.05, 4.69) is 10.3 Å². The minimum atomic E-state index is -4.67. The molecule has 2 heterocycles. The molecule has 1 aliphatic rings. The third-order valence-corrected chi connectivity index (χ3v) is 4.22. The van der Waals surface area contributed by atoms with Gasteiger partial charge in [0.2, 0.25) is 0 Å². The Morgan fingerprint density at radius 1 is 1.31 bits per heavy atom. The molecule has 0 spiro atoms. The molecule has 0 bridgehead atoms. The highest BCUT2D eigenvalue weighted by atomic mass is 19.4. The van der Waals surface area contributed by atoms with Crippen molar-refractivity contribution < 1.29 is 27.6 Å². The summed E-state index contributed by atoms with van der Waals surface area (Å²) in [5.74, 6) is -0.933. The number of nitrogens with zero attached hydrogens (tertiary/aromatic N) is 1. The molecule has 5 nitrogen and oxygen atoms in total. The first-order valence-corrected chi connectivity index (χ1v) is 7.84. The van der Waals surface area contributed by atoms with Gasteiger partial charge in [0.05, 0.1) is 16.7 Å². The van der Waals surface area contributed by atoms with E-state index in [-0.39, 0.29) is 11.4 Å². The van der Waals surface area contributed by atoms with Gasteiger partial charge >= 0.3 is 13.3 Å². The maximum absolute atomic E-state index is 13.2. The molecule has 136 valence electrons. The second-order valence-electron chi connectivity index (χ2n) is 6.61. The minimum absolute atomic E-state index is 0.161. The largest absolute Gasteiger partial charge is 0.492 e. The van der Waals surface area contributed by atoms with Crippen LogP contribution in [0.25, 0.3) is 0 Å². The van der Waals surface area contributed by atoms with E-state index in [1.807, 2.05) is 0 Å². The van der Waals surface area contributed by atoms with Crippen molar-refractivity contribution in [3.8, 4) is 0 Å². The summed E-state index contributed by atoms with van der Waals surface area (Å²) in [5, 5.41) is 12.4.